The number of nitrogens with one attached hydrogen (secondary N) is 1. The molecule has 0 saturated heterocycles. The van der Waals surface area contributed by atoms with Crippen LogP contribution in [0.5, 0.6) is 0 Å². The number of aliphatic carboxylic acids is 1. The second-order valence-corrected chi connectivity index (χ2v) is 6.26. The summed E-state index contributed by atoms with van der Waals surface area (Å²) in [6, 6.07) is 0. The molecule has 0 aliphatic heterocycles. The smallest absolute Gasteiger partial charge is 0.323 e. The highest BCUT2D eigenvalue weighted by Crippen LogP contribution is 2.39. The summed E-state index contributed by atoms with van der Waals surface area (Å²) in [5.41, 5.74) is -0.764. The molecule has 7 heteroatoms. The lowest BCUT2D eigenvalue weighted by molar-refractivity contribution is -0.144. The van der Waals surface area contributed by atoms with Gasteiger partial charge in [0.2, 0.25) is 0 Å². The quantitative estimate of drug-likeness (QED) is 0.846. The fourth-order valence-electron chi connectivity index (χ4n) is 2.51. The van der Waals surface area contributed by atoms with Crippen LogP contribution in [-0.2, 0) is 11.8 Å². The lowest BCUT2D eigenvalue weighted by atomic mass is 9.98. The molecule has 0 bridgehead atoms. The summed E-state index contributed by atoms with van der Waals surface area (Å²) in [6.07, 6.45) is 2.19. The van der Waals surface area contributed by atoms with Gasteiger partial charge in [-0.05, 0) is 32.7 Å². The van der Waals surface area contributed by atoms with Crippen molar-refractivity contribution in [3.8, 4) is 0 Å². The molecule has 1 aliphatic rings. The molecule has 0 spiro atoms. The zero-order chi connectivity index (χ0) is 14.0. The van der Waals surface area contributed by atoms with E-state index in [0.29, 0.717) is 19.4 Å². The summed E-state index contributed by atoms with van der Waals surface area (Å²) < 4.78 is 1.94. The van der Waals surface area contributed by atoms with Crippen molar-refractivity contribution in [2.45, 2.75) is 49.1 Å². The third kappa shape index (κ3) is 2.76. The first-order valence-corrected chi connectivity index (χ1v) is 7.37. The Bertz CT molecular complexity index is 476. The molecule has 1 fully saturated rings. The number of aromatic nitrogens is 3. The molecular formula is C12H20N4O2S. The van der Waals surface area contributed by atoms with E-state index >= 15 is 0 Å². The maximum atomic E-state index is 11.5. The summed E-state index contributed by atoms with van der Waals surface area (Å²) in [7, 11) is 1.93. The minimum atomic E-state index is -0.764. The third-order valence-corrected chi connectivity index (χ3v) is 5.02. The molecule has 0 aromatic carbocycles. The Balaban J connectivity index is 2.05. The minimum Gasteiger partial charge on any atom is -0.480 e. The van der Waals surface area contributed by atoms with Crippen molar-refractivity contribution in [1.29, 1.82) is 0 Å². The van der Waals surface area contributed by atoms with Gasteiger partial charge in [-0.3, -0.25) is 4.79 Å². The Morgan fingerprint density at radius 1 is 1.63 bits per heavy atom. The summed E-state index contributed by atoms with van der Waals surface area (Å²) in [6.45, 7) is 4.52. The summed E-state index contributed by atoms with van der Waals surface area (Å²) in [5.74, 6) is 0.128. The third-order valence-electron chi connectivity index (χ3n) is 3.72. The average molecular weight is 284 g/mol. The Labute approximate surface area is 117 Å². The van der Waals surface area contributed by atoms with Gasteiger partial charge in [0.1, 0.15) is 11.4 Å². The van der Waals surface area contributed by atoms with E-state index in [1.807, 2.05) is 25.5 Å². The van der Waals surface area contributed by atoms with Gasteiger partial charge in [0.05, 0.1) is 0 Å². The lowest BCUT2D eigenvalue weighted by Gasteiger charge is -2.25. The highest BCUT2D eigenvalue weighted by molar-refractivity contribution is 7.99. The number of carboxylic acid groups (broad SMARTS) is 1. The molecule has 1 aliphatic carbocycles. The van der Waals surface area contributed by atoms with Crippen molar-refractivity contribution >= 4 is 17.7 Å². The minimum absolute atomic E-state index is 0.275. The van der Waals surface area contributed by atoms with Gasteiger partial charge in [0, 0.05) is 12.3 Å². The topological polar surface area (TPSA) is 80.0 Å². The second kappa shape index (κ2) is 5.50. The van der Waals surface area contributed by atoms with Gasteiger partial charge in [-0.25, -0.2) is 0 Å². The van der Waals surface area contributed by atoms with Gasteiger partial charge in [-0.15, -0.1) is 10.2 Å². The number of thioether (sulfide) groups is 1. The van der Waals surface area contributed by atoms with E-state index in [1.165, 1.54) is 0 Å². The molecule has 1 aromatic heterocycles. The van der Waals surface area contributed by atoms with Gasteiger partial charge in [-0.2, -0.15) is 0 Å². The van der Waals surface area contributed by atoms with Gasteiger partial charge in [-0.1, -0.05) is 18.7 Å². The highest BCUT2D eigenvalue weighted by Gasteiger charge is 2.45. The van der Waals surface area contributed by atoms with Crippen molar-refractivity contribution in [3.63, 3.8) is 0 Å². The first-order valence-electron chi connectivity index (χ1n) is 6.49. The first-order chi connectivity index (χ1) is 8.98. The molecule has 106 valence electrons. The largest absolute Gasteiger partial charge is 0.480 e. The van der Waals surface area contributed by atoms with Crippen LogP contribution in [0.15, 0.2) is 5.16 Å². The molecule has 1 aromatic rings. The fourth-order valence-corrected chi connectivity index (χ4v) is 3.79. The van der Waals surface area contributed by atoms with E-state index in [9.17, 15) is 9.90 Å². The monoisotopic (exact) mass is 284 g/mol. The van der Waals surface area contributed by atoms with Crippen LogP contribution in [0.25, 0.3) is 0 Å². The van der Waals surface area contributed by atoms with E-state index in [-0.39, 0.29) is 5.25 Å². The molecule has 2 atom stereocenters. The number of rotatable bonds is 5. The number of likely N-dealkylation sites (N-methyl/N-ethyl adjacent to an activating group) is 1. The van der Waals surface area contributed by atoms with Crippen LogP contribution in [-0.4, -0.2) is 43.2 Å². The molecule has 19 heavy (non-hydrogen) atoms. The average Bonchev–Trinajstić information content (AvgIpc) is 2.90. The number of hydrogen-bond donors (Lipinski definition) is 2. The van der Waals surface area contributed by atoms with Crippen LogP contribution in [0.3, 0.4) is 0 Å². The van der Waals surface area contributed by atoms with E-state index in [0.717, 1.165) is 17.4 Å². The zero-order valence-corrected chi connectivity index (χ0v) is 12.3. The molecule has 1 saturated carbocycles. The maximum Gasteiger partial charge on any atom is 0.323 e. The van der Waals surface area contributed by atoms with E-state index in [1.54, 1.807) is 11.8 Å². The van der Waals surface area contributed by atoms with E-state index in [2.05, 4.69) is 15.5 Å². The van der Waals surface area contributed by atoms with Crippen molar-refractivity contribution < 1.29 is 9.90 Å². The maximum absolute atomic E-state index is 11.5. The SMILES string of the molecule is CCNC1(C(=O)O)CCC(Sc2nnc(C)n2C)C1. The van der Waals surface area contributed by atoms with E-state index < -0.39 is 11.5 Å². The van der Waals surface area contributed by atoms with E-state index in [4.69, 9.17) is 0 Å². The van der Waals surface area contributed by atoms with Crippen LogP contribution >= 0.6 is 11.8 Å². The Morgan fingerprint density at radius 2 is 2.37 bits per heavy atom. The molecule has 2 N–H and O–H groups in total. The van der Waals surface area contributed by atoms with Gasteiger partial charge >= 0.3 is 5.97 Å². The highest BCUT2D eigenvalue weighted by atomic mass is 32.2. The molecule has 2 unspecified atom stereocenters. The predicted octanol–water partition coefficient (Wildman–Crippen LogP) is 1.20. The number of carboxylic acids is 1. The fraction of sp³-hybridized carbons (Fsp3) is 0.750. The molecule has 0 radical (unpaired) electrons. The number of hydrogen-bond acceptors (Lipinski definition) is 5. The zero-order valence-electron chi connectivity index (χ0n) is 11.5. The lowest BCUT2D eigenvalue weighted by Crippen LogP contribution is -2.50. The summed E-state index contributed by atoms with van der Waals surface area (Å²) in [4.78, 5) is 11.5. The van der Waals surface area contributed by atoms with Gasteiger partial charge < -0.3 is 15.0 Å². The second-order valence-electron chi connectivity index (χ2n) is 4.99. The Hall–Kier alpha value is -1.08. The molecule has 6 nitrogen and oxygen atoms in total. The number of carbonyl (C=O) groups is 1. The standard InChI is InChI=1S/C12H20N4O2S/c1-4-13-12(10(17)18)6-5-9(7-12)19-11-15-14-8(2)16(11)3/h9,13H,4-7H2,1-3H3,(H,17,18). The summed E-state index contributed by atoms with van der Waals surface area (Å²) >= 11 is 1.63. The van der Waals surface area contributed by atoms with Crippen molar-refractivity contribution in [2.24, 2.45) is 7.05 Å². The molecule has 0 amide bonds. The summed E-state index contributed by atoms with van der Waals surface area (Å²) in [5, 5.41) is 21.9. The number of nitrogens with zero attached hydrogens (tertiary/aromatic N) is 3. The first kappa shape index (κ1) is 14.3. The van der Waals surface area contributed by atoms with Crippen LogP contribution in [0.2, 0.25) is 0 Å². The predicted molar refractivity (Wildman–Crippen MR) is 73.3 cm³/mol. The van der Waals surface area contributed by atoms with Crippen LogP contribution < -0.4 is 5.32 Å². The molecule has 2 rings (SSSR count). The molecular weight excluding hydrogens is 264 g/mol. The Kier molecular flexibility index (Phi) is 4.15. The number of aryl methyl sites for hydroxylation is 1. The van der Waals surface area contributed by atoms with Crippen LogP contribution in [0.1, 0.15) is 32.0 Å². The Morgan fingerprint density at radius 3 is 2.89 bits per heavy atom. The van der Waals surface area contributed by atoms with Crippen molar-refractivity contribution in [3.05, 3.63) is 5.82 Å². The van der Waals surface area contributed by atoms with Crippen LogP contribution in [0, 0.1) is 6.92 Å². The van der Waals surface area contributed by atoms with Gasteiger partial charge in [0.25, 0.3) is 0 Å². The van der Waals surface area contributed by atoms with Gasteiger partial charge in [0.15, 0.2) is 5.16 Å². The molecule has 1 heterocycles. The van der Waals surface area contributed by atoms with Crippen molar-refractivity contribution in [2.75, 3.05) is 6.54 Å². The normalized spacial score (nSPS) is 26.8. The van der Waals surface area contributed by atoms with Crippen LogP contribution in [0.4, 0.5) is 0 Å². The van der Waals surface area contributed by atoms with Crippen molar-refractivity contribution in [1.82, 2.24) is 20.1 Å².